The van der Waals surface area contributed by atoms with Gasteiger partial charge in [0.15, 0.2) is 4.77 Å². The fourth-order valence-corrected chi connectivity index (χ4v) is 4.08. The standard InChI is InChI=1S/C17H17N3S/c21-16-19-14-9-18-13-4-2-1-3-12(13)15(14)20(16)10-17(7-8-17)11-5-6-11/h1-4,9,11H,5-8,10H2,(H,19,21). The maximum Gasteiger partial charge on any atom is 0.178 e. The first kappa shape index (κ1) is 11.9. The molecule has 2 heterocycles. The van der Waals surface area contributed by atoms with Crippen molar-refractivity contribution in [3.8, 4) is 0 Å². The Bertz CT molecular complexity index is 913. The average Bonchev–Trinajstić information content (AvgIpc) is 3.38. The van der Waals surface area contributed by atoms with Crippen LogP contribution in [0.4, 0.5) is 0 Å². The summed E-state index contributed by atoms with van der Waals surface area (Å²) < 4.78 is 3.18. The van der Waals surface area contributed by atoms with Gasteiger partial charge in [-0.25, -0.2) is 0 Å². The van der Waals surface area contributed by atoms with Gasteiger partial charge in [-0.3, -0.25) is 4.98 Å². The number of imidazole rings is 1. The van der Waals surface area contributed by atoms with E-state index in [2.05, 4.69) is 32.7 Å². The van der Waals surface area contributed by atoms with Crippen molar-refractivity contribution in [2.75, 3.05) is 0 Å². The maximum atomic E-state index is 5.60. The predicted octanol–water partition coefficient (Wildman–Crippen LogP) is 4.44. The van der Waals surface area contributed by atoms with Gasteiger partial charge in [0, 0.05) is 11.9 Å². The first-order chi connectivity index (χ1) is 10.3. The molecule has 2 aliphatic rings. The number of rotatable bonds is 3. The van der Waals surface area contributed by atoms with Crippen LogP contribution < -0.4 is 0 Å². The van der Waals surface area contributed by atoms with Crippen LogP contribution in [0.2, 0.25) is 0 Å². The quantitative estimate of drug-likeness (QED) is 0.725. The van der Waals surface area contributed by atoms with E-state index in [1.165, 1.54) is 36.6 Å². The zero-order chi connectivity index (χ0) is 14.0. The summed E-state index contributed by atoms with van der Waals surface area (Å²) in [5.41, 5.74) is 3.88. The lowest BCUT2D eigenvalue weighted by Gasteiger charge is -2.16. The second-order valence-corrected chi connectivity index (χ2v) is 7.08. The molecule has 2 fully saturated rings. The Morgan fingerprint density at radius 3 is 2.86 bits per heavy atom. The van der Waals surface area contributed by atoms with Gasteiger partial charge in [0.25, 0.3) is 0 Å². The van der Waals surface area contributed by atoms with Crippen LogP contribution in [0.15, 0.2) is 30.5 Å². The Morgan fingerprint density at radius 2 is 2.10 bits per heavy atom. The van der Waals surface area contributed by atoms with Crippen molar-refractivity contribution in [1.29, 1.82) is 0 Å². The second kappa shape index (κ2) is 3.95. The number of hydrogen-bond acceptors (Lipinski definition) is 2. The van der Waals surface area contributed by atoms with Crippen LogP contribution in [-0.2, 0) is 6.54 Å². The monoisotopic (exact) mass is 295 g/mol. The second-order valence-electron chi connectivity index (χ2n) is 6.69. The van der Waals surface area contributed by atoms with Crippen molar-refractivity contribution in [3.05, 3.63) is 35.2 Å². The van der Waals surface area contributed by atoms with E-state index in [1.807, 2.05) is 12.3 Å². The Balaban J connectivity index is 1.76. The number of fused-ring (bicyclic) bond motifs is 3. The van der Waals surface area contributed by atoms with E-state index in [1.54, 1.807) is 0 Å². The van der Waals surface area contributed by atoms with Crippen LogP contribution in [0.25, 0.3) is 21.9 Å². The molecule has 0 amide bonds. The maximum absolute atomic E-state index is 5.60. The Kier molecular flexibility index (Phi) is 2.24. The fourth-order valence-electron chi connectivity index (χ4n) is 3.81. The van der Waals surface area contributed by atoms with Crippen molar-refractivity contribution in [2.24, 2.45) is 11.3 Å². The van der Waals surface area contributed by atoms with E-state index >= 15 is 0 Å². The third-order valence-corrected chi connectivity index (χ3v) is 5.63. The number of para-hydroxylation sites is 1. The summed E-state index contributed by atoms with van der Waals surface area (Å²) in [5.74, 6) is 0.942. The third kappa shape index (κ3) is 1.72. The van der Waals surface area contributed by atoms with Crippen molar-refractivity contribution in [2.45, 2.75) is 32.2 Å². The van der Waals surface area contributed by atoms with Gasteiger partial charge < -0.3 is 9.55 Å². The average molecular weight is 295 g/mol. The van der Waals surface area contributed by atoms with E-state index in [-0.39, 0.29) is 0 Å². The van der Waals surface area contributed by atoms with Crippen LogP contribution in [0.3, 0.4) is 0 Å². The topological polar surface area (TPSA) is 33.6 Å². The summed E-state index contributed by atoms with van der Waals surface area (Å²) in [6.45, 7) is 1.07. The Labute approximate surface area is 128 Å². The molecule has 5 rings (SSSR count). The Hall–Kier alpha value is -1.68. The molecule has 2 aromatic heterocycles. The highest BCUT2D eigenvalue weighted by Crippen LogP contribution is 2.62. The third-order valence-electron chi connectivity index (χ3n) is 5.31. The molecular formula is C17H17N3S. The molecule has 0 unspecified atom stereocenters. The lowest BCUT2D eigenvalue weighted by Crippen LogP contribution is -2.14. The zero-order valence-electron chi connectivity index (χ0n) is 11.8. The number of aromatic nitrogens is 3. The number of hydrogen-bond donors (Lipinski definition) is 1. The molecule has 3 nitrogen and oxygen atoms in total. The summed E-state index contributed by atoms with van der Waals surface area (Å²) in [6.07, 6.45) is 7.49. The molecule has 3 aromatic rings. The van der Waals surface area contributed by atoms with Gasteiger partial charge in [-0.15, -0.1) is 0 Å². The number of pyridine rings is 1. The highest BCUT2D eigenvalue weighted by Gasteiger charge is 2.53. The lowest BCUT2D eigenvalue weighted by molar-refractivity contribution is 0.373. The number of nitrogens with one attached hydrogen (secondary N) is 1. The Morgan fingerprint density at radius 1 is 1.29 bits per heavy atom. The van der Waals surface area contributed by atoms with E-state index in [9.17, 15) is 0 Å². The van der Waals surface area contributed by atoms with Gasteiger partial charge in [-0.1, -0.05) is 18.2 Å². The minimum atomic E-state index is 0.539. The lowest BCUT2D eigenvalue weighted by atomic mass is 10.0. The number of H-pyrrole nitrogens is 1. The molecule has 0 spiro atoms. The normalized spacial score (nSPS) is 20.2. The van der Waals surface area contributed by atoms with Gasteiger partial charge in [0.05, 0.1) is 22.7 Å². The van der Waals surface area contributed by atoms with Crippen molar-refractivity contribution in [3.63, 3.8) is 0 Å². The van der Waals surface area contributed by atoms with Gasteiger partial charge in [0.2, 0.25) is 0 Å². The summed E-state index contributed by atoms with van der Waals surface area (Å²) >= 11 is 5.60. The van der Waals surface area contributed by atoms with Crippen LogP contribution in [0, 0.1) is 16.1 Å². The first-order valence-corrected chi connectivity index (χ1v) is 8.14. The van der Waals surface area contributed by atoms with E-state index < -0.39 is 0 Å². The van der Waals surface area contributed by atoms with E-state index in [4.69, 9.17) is 12.2 Å². The van der Waals surface area contributed by atoms with Crippen molar-refractivity contribution >= 4 is 34.2 Å². The van der Waals surface area contributed by atoms with Crippen molar-refractivity contribution < 1.29 is 0 Å². The molecule has 0 bridgehead atoms. The molecule has 4 heteroatoms. The summed E-state index contributed by atoms with van der Waals surface area (Å²) in [6, 6.07) is 8.35. The van der Waals surface area contributed by atoms with E-state index in [0.717, 1.165) is 28.3 Å². The smallest absolute Gasteiger partial charge is 0.178 e. The van der Waals surface area contributed by atoms with Gasteiger partial charge >= 0.3 is 0 Å². The molecule has 2 aliphatic carbocycles. The summed E-state index contributed by atoms with van der Waals surface area (Å²) in [4.78, 5) is 7.88. The fraction of sp³-hybridized carbons (Fsp3) is 0.412. The predicted molar refractivity (Wildman–Crippen MR) is 86.8 cm³/mol. The largest absolute Gasteiger partial charge is 0.329 e. The number of benzene rings is 1. The molecular weight excluding hydrogens is 278 g/mol. The van der Waals surface area contributed by atoms with Crippen LogP contribution in [0.1, 0.15) is 25.7 Å². The molecule has 0 aliphatic heterocycles. The summed E-state index contributed by atoms with van der Waals surface area (Å²) in [5, 5.41) is 1.20. The van der Waals surface area contributed by atoms with E-state index in [0.29, 0.717) is 5.41 Å². The number of nitrogens with zero attached hydrogens (tertiary/aromatic N) is 2. The zero-order valence-corrected chi connectivity index (χ0v) is 12.6. The first-order valence-electron chi connectivity index (χ1n) is 7.73. The van der Waals surface area contributed by atoms with Gasteiger partial charge in [-0.2, -0.15) is 0 Å². The minimum Gasteiger partial charge on any atom is -0.329 e. The van der Waals surface area contributed by atoms with Gasteiger partial charge in [-0.05, 0) is 55.3 Å². The molecule has 0 radical (unpaired) electrons. The molecule has 0 saturated heterocycles. The van der Waals surface area contributed by atoms with Gasteiger partial charge in [0.1, 0.15) is 0 Å². The van der Waals surface area contributed by atoms with Crippen LogP contribution >= 0.6 is 12.2 Å². The van der Waals surface area contributed by atoms with Crippen molar-refractivity contribution in [1.82, 2.24) is 14.5 Å². The summed E-state index contributed by atoms with van der Waals surface area (Å²) in [7, 11) is 0. The van der Waals surface area contributed by atoms with Crippen LogP contribution in [-0.4, -0.2) is 14.5 Å². The minimum absolute atomic E-state index is 0.539. The molecule has 1 N–H and O–H groups in total. The number of aromatic amines is 1. The highest BCUT2D eigenvalue weighted by molar-refractivity contribution is 7.71. The molecule has 2 saturated carbocycles. The SMILES string of the molecule is S=c1[nH]c2cnc3ccccc3c2n1CC1(C2CC2)CC1. The molecule has 21 heavy (non-hydrogen) atoms. The molecule has 106 valence electrons. The van der Waals surface area contributed by atoms with Crippen LogP contribution in [0.5, 0.6) is 0 Å². The molecule has 0 atom stereocenters. The highest BCUT2D eigenvalue weighted by atomic mass is 32.1. The molecule has 1 aromatic carbocycles.